The van der Waals surface area contributed by atoms with Crippen LogP contribution in [0.2, 0.25) is 0 Å². The summed E-state index contributed by atoms with van der Waals surface area (Å²) < 4.78 is 0. The van der Waals surface area contributed by atoms with Gasteiger partial charge < -0.3 is 10.0 Å². The van der Waals surface area contributed by atoms with E-state index >= 15 is 0 Å². The normalized spacial score (nSPS) is 11.4. The minimum absolute atomic E-state index is 0.0880. The summed E-state index contributed by atoms with van der Waals surface area (Å²) in [4.78, 5) is 7.29. The van der Waals surface area contributed by atoms with E-state index < -0.39 is 0 Å². The number of aliphatic hydroxyl groups excluding tert-OH is 1. The van der Waals surface area contributed by atoms with Crippen molar-refractivity contribution >= 4 is 5.82 Å². The zero-order chi connectivity index (χ0) is 15.8. The van der Waals surface area contributed by atoms with Gasteiger partial charge in [0.2, 0.25) is 0 Å². The third kappa shape index (κ3) is 5.31. The number of hydrogen-bond acceptors (Lipinski definition) is 3. The van der Waals surface area contributed by atoms with Gasteiger partial charge in [0.05, 0.1) is 6.61 Å². The van der Waals surface area contributed by atoms with Gasteiger partial charge in [-0.2, -0.15) is 0 Å². The van der Waals surface area contributed by atoms with E-state index in [1.807, 2.05) is 6.07 Å². The van der Waals surface area contributed by atoms with E-state index in [4.69, 9.17) is 4.98 Å². The van der Waals surface area contributed by atoms with Crippen LogP contribution in [0.4, 0.5) is 5.82 Å². The summed E-state index contributed by atoms with van der Waals surface area (Å²) >= 11 is 0. The molecule has 1 N–H and O–H groups in total. The fourth-order valence-corrected chi connectivity index (χ4v) is 2.81. The molecular weight excluding hydrogens is 260 g/mol. The molecule has 0 atom stereocenters. The number of aryl methyl sites for hydroxylation is 1. The summed E-state index contributed by atoms with van der Waals surface area (Å²) in [6.07, 6.45) is 4.30. The summed E-state index contributed by atoms with van der Waals surface area (Å²) in [5, 5.41) is 9.53. The van der Waals surface area contributed by atoms with Crippen molar-refractivity contribution < 1.29 is 5.11 Å². The average Bonchev–Trinajstić information content (AvgIpc) is 2.47. The molecule has 1 heterocycles. The van der Waals surface area contributed by atoms with Crippen molar-refractivity contribution in [3.8, 4) is 0 Å². The third-order valence-electron chi connectivity index (χ3n) is 3.85. The molecule has 0 radical (unpaired) electrons. The zero-order valence-corrected chi connectivity index (χ0v) is 14.4. The molecular formula is C18H32N2O. The number of aliphatic hydroxyl groups is 1. The maximum atomic E-state index is 9.53. The van der Waals surface area contributed by atoms with Gasteiger partial charge in [0.1, 0.15) is 5.82 Å². The Morgan fingerprint density at radius 1 is 1.14 bits per heavy atom. The molecule has 1 aromatic heterocycles. The molecule has 0 aliphatic rings. The van der Waals surface area contributed by atoms with Crippen LogP contribution in [-0.2, 0) is 13.0 Å². The number of hydrogen-bond donors (Lipinski definition) is 1. The quantitative estimate of drug-likeness (QED) is 0.742. The first-order valence-corrected chi connectivity index (χ1v) is 8.42. The van der Waals surface area contributed by atoms with Crippen LogP contribution in [-0.4, -0.2) is 22.7 Å². The monoisotopic (exact) mass is 292 g/mol. The highest BCUT2D eigenvalue weighted by molar-refractivity contribution is 5.44. The van der Waals surface area contributed by atoms with Gasteiger partial charge in [-0.3, -0.25) is 0 Å². The summed E-state index contributed by atoms with van der Waals surface area (Å²) in [6.45, 7) is 12.2. The summed E-state index contributed by atoms with van der Waals surface area (Å²) in [5.74, 6) is 1.63. The van der Waals surface area contributed by atoms with Crippen LogP contribution < -0.4 is 4.90 Å². The van der Waals surface area contributed by atoms with Crippen molar-refractivity contribution in [2.24, 2.45) is 5.92 Å². The largest absolute Gasteiger partial charge is 0.392 e. The van der Waals surface area contributed by atoms with Crippen molar-refractivity contribution in [2.45, 2.75) is 73.0 Å². The van der Waals surface area contributed by atoms with E-state index in [9.17, 15) is 5.11 Å². The molecule has 3 nitrogen and oxygen atoms in total. The van der Waals surface area contributed by atoms with Crippen LogP contribution in [0.25, 0.3) is 0 Å². The van der Waals surface area contributed by atoms with Gasteiger partial charge in [-0.15, -0.1) is 0 Å². The number of nitrogens with zero attached hydrogens (tertiary/aromatic N) is 2. The van der Waals surface area contributed by atoms with Crippen LogP contribution in [0.3, 0.4) is 0 Å². The van der Waals surface area contributed by atoms with Crippen LogP contribution >= 0.6 is 0 Å². The van der Waals surface area contributed by atoms with Crippen molar-refractivity contribution in [1.29, 1.82) is 0 Å². The lowest BCUT2D eigenvalue weighted by atomic mass is 10.1. The molecule has 0 saturated heterocycles. The van der Waals surface area contributed by atoms with Gasteiger partial charge in [0.15, 0.2) is 0 Å². The lowest BCUT2D eigenvalue weighted by molar-refractivity contribution is 0.281. The van der Waals surface area contributed by atoms with E-state index in [0.29, 0.717) is 12.0 Å². The van der Waals surface area contributed by atoms with Crippen LogP contribution in [0.15, 0.2) is 12.1 Å². The fraction of sp³-hybridized carbons (Fsp3) is 0.722. The SMILES string of the molecule is CCCc1cc(CO)cc(N(CC(C)C)C(CC)CC)n1. The Hall–Kier alpha value is -1.09. The molecule has 1 rings (SSSR count). The number of anilines is 1. The summed E-state index contributed by atoms with van der Waals surface area (Å²) in [6, 6.07) is 4.61. The van der Waals surface area contributed by atoms with Crippen molar-refractivity contribution in [2.75, 3.05) is 11.4 Å². The van der Waals surface area contributed by atoms with E-state index in [0.717, 1.165) is 49.3 Å². The van der Waals surface area contributed by atoms with Gasteiger partial charge in [0.25, 0.3) is 0 Å². The highest BCUT2D eigenvalue weighted by Gasteiger charge is 2.19. The first-order chi connectivity index (χ1) is 10.0. The molecule has 0 amide bonds. The number of aromatic nitrogens is 1. The lowest BCUT2D eigenvalue weighted by Gasteiger charge is -2.33. The number of rotatable bonds is 9. The molecule has 120 valence electrons. The Balaban J connectivity index is 3.17. The first-order valence-electron chi connectivity index (χ1n) is 8.42. The molecule has 0 aromatic carbocycles. The minimum Gasteiger partial charge on any atom is -0.392 e. The van der Waals surface area contributed by atoms with Gasteiger partial charge >= 0.3 is 0 Å². The van der Waals surface area contributed by atoms with E-state index in [1.54, 1.807) is 0 Å². The highest BCUT2D eigenvalue weighted by Crippen LogP contribution is 2.23. The summed E-state index contributed by atoms with van der Waals surface area (Å²) in [5.41, 5.74) is 2.07. The van der Waals surface area contributed by atoms with Gasteiger partial charge in [-0.25, -0.2) is 4.98 Å². The lowest BCUT2D eigenvalue weighted by Crippen LogP contribution is -2.38. The third-order valence-corrected chi connectivity index (χ3v) is 3.85. The molecule has 0 fully saturated rings. The molecule has 0 saturated carbocycles. The Morgan fingerprint density at radius 3 is 2.29 bits per heavy atom. The molecule has 0 aliphatic heterocycles. The smallest absolute Gasteiger partial charge is 0.129 e. The maximum Gasteiger partial charge on any atom is 0.129 e. The summed E-state index contributed by atoms with van der Waals surface area (Å²) in [7, 11) is 0. The molecule has 21 heavy (non-hydrogen) atoms. The average molecular weight is 292 g/mol. The second-order valence-electron chi connectivity index (χ2n) is 6.25. The standard InChI is InChI=1S/C18H32N2O/c1-6-9-16-10-15(13-21)11-18(19-16)20(12-14(4)5)17(7-2)8-3/h10-11,14,17,21H,6-9,12-13H2,1-5H3. The second-order valence-corrected chi connectivity index (χ2v) is 6.25. The second kappa shape index (κ2) is 9.04. The topological polar surface area (TPSA) is 36.4 Å². The highest BCUT2D eigenvalue weighted by atomic mass is 16.3. The van der Waals surface area contributed by atoms with Crippen LogP contribution in [0.5, 0.6) is 0 Å². The van der Waals surface area contributed by atoms with Crippen LogP contribution in [0, 0.1) is 5.92 Å². The molecule has 0 aliphatic carbocycles. The molecule has 0 bridgehead atoms. The minimum atomic E-state index is 0.0880. The Kier molecular flexibility index (Phi) is 7.73. The van der Waals surface area contributed by atoms with E-state index in [1.165, 1.54) is 0 Å². The van der Waals surface area contributed by atoms with Gasteiger partial charge in [-0.1, -0.05) is 41.0 Å². The van der Waals surface area contributed by atoms with E-state index in [-0.39, 0.29) is 6.61 Å². The molecule has 3 heteroatoms. The number of pyridine rings is 1. The zero-order valence-electron chi connectivity index (χ0n) is 14.4. The van der Waals surface area contributed by atoms with Gasteiger partial charge in [0, 0.05) is 18.3 Å². The Bertz CT molecular complexity index is 414. The Labute approximate surface area is 130 Å². The Morgan fingerprint density at radius 2 is 1.81 bits per heavy atom. The fourth-order valence-electron chi connectivity index (χ4n) is 2.81. The van der Waals surface area contributed by atoms with E-state index in [2.05, 4.69) is 45.6 Å². The first kappa shape index (κ1) is 18.0. The van der Waals surface area contributed by atoms with Gasteiger partial charge in [-0.05, 0) is 42.9 Å². The van der Waals surface area contributed by atoms with Crippen molar-refractivity contribution in [3.63, 3.8) is 0 Å². The molecule has 0 spiro atoms. The molecule has 1 aromatic rings. The van der Waals surface area contributed by atoms with Crippen LogP contribution in [0.1, 0.15) is 65.1 Å². The predicted molar refractivity (Wildman–Crippen MR) is 90.7 cm³/mol. The van der Waals surface area contributed by atoms with Crippen molar-refractivity contribution in [1.82, 2.24) is 4.98 Å². The predicted octanol–water partition coefficient (Wildman–Crippen LogP) is 4.18. The molecule has 0 unspecified atom stereocenters. The van der Waals surface area contributed by atoms with Crippen molar-refractivity contribution in [3.05, 3.63) is 23.4 Å². The maximum absolute atomic E-state index is 9.53.